The van der Waals surface area contributed by atoms with Gasteiger partial charge in [-0.25, -0.2) is 4.85 Å². The summed E-state index contributed by atoms with van der Waals surface area (Å²) in [5.74, 6) is 3.14. The molecule has 9 rings (SSSR count). The highest BCUT2D eigenvalue weighted by molar-refractivity contribution is 5.91. The Morgan fingerprint density at radius 2 is 0.860 bits per heavy atom. The zero-order valence-electron chi connectivity index (χ0n) is 26.6. The molecule has 0 spiro atoms. The molecule has 50 heavy (non-hydrogen) atoms. The fourth-order valence-corrected chi connectivity index (χ4v) is 6.79. The summed E-state index contributed by atoms with van der Waals surface area (Å²) in [6, 6.07) is 54.1. The average molecular weight is 643 g/mol. The van der Waals surface area contributed by atoms with Gasteiger partial charge < -0.3 is 19.3 Å². The van der Waals surface area contributed by atoms with Gasteiger partial charge in [-0.1, -0.05) is 72.8 Å². The quantitative estimate of drug-likeness (QED) is 0.179. The standard InChI is InChI=1S/C44H26N4O2/c1-46-36-27-34(29-18-22-32(23-19-29)47-37-10-2-6-14-41(37)49-42-15-7-3-11-38(42)47)31(28-45)26-35(36)30-20-24-33(25-21-30)48-39-12-4-8-16-43(39)50-44-17-9-5-13-40(44)48/h2-27H. The largest absolute Gasteiger partial charge is 0.453 e. The van der Waals surface area contributed by atoms with E-state index >= 15 is 0 Å². The van der Waals surface area contributed by atoms with Crippen molar-refractivity contribution >= 4 is 39.8 Å². The second-order valence-corrected chi connectivity index (χ2v) is 12.0. The molecule has 0 unspecified atom stereocenters. The third-order valence-corrected chi connectivity index (χ3v) is 9.11. The first-order valence-electron chi connectivity index (χ1n) is 16.2. The van der Waals surface area contributed by atoms with Gasteiger partial charge in [0.25, 0.3) is 0 Å². The van der Waals surface area contributed by atoms with E-state index in [2.05, 4.69) is 20.7 Å². The summed E-state index contributed by atoms with van der Waals surface area (Å²) in [4.78, 5) is 8.26. The van der Waals surface area contributed by atoms with E-state index in [1.54, 1.807) is 0 Å². The lowest BCUT2D eigenvalue weighted by atomic mass is 9.93. The van der Waals surface area contributed by atoms with Gasteiger partial charge in [-0.15, -0.1) is 0 Å². The number of para-hydroxylation sites is 8. The molecule has 0 N–H and O–H groups in total. The first kappa shape index (κ1) is 28.9. The fraction of sp³-hybridized carbons (Fsp3) is 0. The number of anilines is 6. The maximum Gasteiger partial charge on any atom is 0.195 e. The summed E-state index contributed by atoms with van der Waals surface area (Å²) in [6.45, 7) is 8.09. The molecule has 0 radical (unpaired) electrons. The molecule has 0 amide bonds. The topological polar surface area (TPSA) is 53.1 Å². The molecule has 0 saturated heterocycles. The van der Waals surface area contributed by atoms with E-state index in [9.17, 15) is 5.26 Å². The number of nitrogens with zero attached hydrogens (tertiary/aromatic N) is 4. The monoisotopic (exact) mass is 642 g/mol. The minimum absolute atomic E-state index is 0.480. The van der Waals surface area contributed by atoms with Gasteiger partial charge in [0.2, 0.25) is 0 Å². The molecule has 234 valence electrons. The molecule has 0 saturated carbocycles. The molecule has 2 heterocycles. The van der Waals surface area contributed by atoms with E-state index in [1.807, 2.05) is 158 Å². The van der Waals surface area contributed by atoms with Crippen molar-refractivity contribution in [2.75, 3.05) is 9.80 Å². The van der Waals surface area contributed by atoms with Gasteiger partial charge in [-0.05, 0) is 107 Å². The van der Waals surface area contributed by atoms with Crippen LogP contribution in [0.4, 0.5) is 39.8 Å². The van der Waals surface area contributed by atoms with Crippen LogP contribution in [0.1, 0.15) is 5.56 Å². The predicted octanol–water partition coefficient (Wildman–Crippen LogP) is 12.6. The van der Waals surface area contributed by atoms with E-state index in [-0.39, 0.29) is 0 Å². The third kappa shape index (κ3) is 4.72. The second kappa shape index (κ2) is 11.8. The van der Waals surface area contributed by atoms with Gasteiger partial charge >= 0.3 is 0 Å². The van der Waals surface area contributed by atoms with Crippen LogP contribution in [-0.4, -0.2) is 0 Å². The van der Waals surface area contributed by atoms with Gasteiger partial charge in [0.05, 0.1) is 41.0 Å². The lowest BCUT2D eigenvalue weighted by molar-refractivity contribution is 0.477. The van der Waals surface area contributed by atoms with Gasteiger partial charge in [0.1, 0.15) is 0 Å². The van der Waals surface area contributed by atoms with Crippen molar-refractivity contribution in [3.8, 4) is 51.3 Å². The molecule has 0 fully saturated rings. The maximum absolute atomic E-state index is 10.3. The van der Waals surface area contributed by atoms with Crippen LogP contribution in [0.2, 0.25) is 0 Å². The highest BCUT2D eigenvalue weighted by Gasteiger charge is 2.27. The van der Waals surface area contributed by atoms with Crippen molar-refractivity contribution in [3.05, 3.63) is 175 Å². The second-order valence-electron chi connectivity index (χ2n) is 12.0. The SMILES string of the molecule is [C-]#[N+]c1cc(-c2ccc(N3c4ccccc4Oc4ccccc43)cc2)c(C#N)cc1-c1ccc(N2c3ccccc3Oc3ccccc32)cc1. The molecule has 6 heteroatoms. The van der Waals surface area contributed by atoms with Crippen LogP contribution in [0.5, 0.6) is 23.0 Å². The lowest BCUT2D eigenvalue weighted by Gasteiger charge is -2.32. The summed E-state index contributed by atoms with van der Waals surface area (Å²) in [5.41, 5.74) is 9.85. The van der Waals surface area contributed by atoms with E-state index < -0.39 is 0 Å². The van der Waals surface area contributed by atoms with Crippen LogP contribution in [0.15, 0.2) is 158 Å². The van der Waals surface area contributed by atoms with Crippen LogP contribution >= 0.6 is 0 Å². The molecule has 2 aliphatic heterocycles. The van der Waals surface area contributed by atoms with Crippen molar-refractivity contribution in [1.82, 2.24) is 0 Å². The Kier molecular flexibility index (Phi) is 6.79. The Hall–Kier alpha value is -7.28. The number of rotatable bonds is 4. The highest BCUT2D eigenvalue weighted by Crippen LogP contribution is 2.52. The molecule has 6 nitrogen and oxygen atoms in total. The normalized spacial score (nSPS) is 12.2. The van der Waals surface area contributed by atoms with E-state index in [4.69, 9.17) is 16.0 Å². The van der Waals surface area contributed by atoms with E-state index in [0.29, 0.717) is 16.8 Å². The molecular weight excluding hydrogens is 617 g/mol. The number of hydrogen-bond donors (Lipinski definition) is 0. The van der Waals surface area contributed by atoms with Crippen molar-refractivity contribution in [1.29, 1.82) is 5.26 Å². The third-order valence-electron chi connectivity index (χ3n) is 9.11. The maximum atomic E-state index is 10.3. The Morgan fingerprint density at radius 1 is 0.480 bits per heavy atom. The molecule has 0 aliphatic carbocycles. The summed E-state index contributed by atoms with van der Waals surface area (Å²) in [7, 11) is 0. The van der Waals surface area contributed by atoms with Crippen LogP contribution in [-0.2, 0) is 0 Å². The minimum atomic E-state index is 0.480. The molecule has 0 atom stereocenters. The van der Waals surface area contributed by atoms with Crippen LogP contribution in [0, 0.1) is 17.9 Å². The van der Waals surface area contributed by atoms with Gasteiger partial charge in [0.15, 0.2) is 28.7 Å². The number of hydrogen-bond acceptors (Lipinski definition) is 5. The Morgan fingerprint density at radius 3 is 1.24 bits per heavy atom. The molecule has 7 aromatic carbocycles. The van der Waals surface area contributed by atoms with Crippen molar-refractivity contribution < 1.29 is 9.47 Å². The van der Waals surface area contributed by atoms with Crippen LogP contribution in [0.25, 0.3) is 27.1 Å². The van der Waals surface area contributed by atoms with Gasteiger partial charge in [-0.2, -0.15) is 5.26 Å². The number of benzene rings is 7. The summed E-state index contributed by atoms with van der Waals surface area (Å²) >= 11 is 0. The highest BCUT2D eigenvalue weighted by atomic mass is 16.5. The van der Waals surface area contributed by atoms with E-state index in [0.717, 1.165) is 73.8 Å². The van der Waals surface area contributed by atoms with E-state index in [1.165, 1.54) is 0 Å². The molecule has 2 aliphatic rings. The van der Waals surface area contributed by atoms with Crippen LogP contribution in [0.3, 0.4) is 0 Å². The molecule has 7 aromatic rings. The zero-order valence-corrected chi connectivity index (χ0v) is 26.6. The number of nitriles is 1. The summed E-state index contributed by atoms with van der Waals surface area (Å²) in [5, 5.41) is 10.3. The number of ether oxygens (including phenoxy) is 2. The lowest BCUT2D eigenvalue weighted by Crippen LogP contribution is -2.15. The van der Waals surface area contributed by atoms with Crippen molar-refractivity contribution in [3.63, 3.8) is 0 Å². The minimum Gasteiger partial charge on any atom is -0.453 e. The average Bonchev–Trinajstić information content (AvgIpc) is 3.18. The molecule has 0 aromatic heterocycles. The molecular formula is C44H26N4O2. The Labute approximate surface area is 289 Å². The smallest absolute Gasteiger partial charge is 0.195 e. The zero-order chi connectivity index (χ0) is 33.6. The predicted molar refractivity (Wildman–Crippen MR) is 198 cm³/mol. The first-order chi connectivity index (χ1) is 24.7. The van der Waals surface area contributed by atoms with Gasteiger partial charge in [-0.3, -0.25) is 0 Å². The first-order valence-corrected chi connectivity index (χ1v) is 16.2. The van der Waals surface area contributed by atoms with Gasteiger partial charge in [0, 0.05) is 11.4 Å². The number of fused-ring (bicyclic) bond motifs is 4. The summed E-state index contributed by atoms with van der Waals surface area (Å²) < 4.78 is 12.4. The Balaban J connectivity index is 1.06. The van der Waals surface area contributed by atoms with Crippen molar-refractivity contribution in [2.24, 2.45) is 0 Å². The fourth-order valence-electron chi connectivity index (χ4n) is 6.79. The van der Waals surface area contributed by atoms with Crippen molar-refractivity contribution in [2.45, 2.75) is 0 Å². The summed E-state index contributed by atoms with van der Waals surface area (Å²) in [6.07, 6.45) is 0. The Bertz CT molecular complexity index is 2260. The van der Waals surface area contributed by atoms with Crippen LogP contribution < -0.4 is 19.3 Å². The molecule has 0 bridgehead atoms.